The summed E-state index contributed by atoms with van der Waals surface area (Å²) in [4.78, 5) is 0. The van der Waals surface area contributed by atoms with E-state index >= 15 is 0 Å². The Bertz CT molecular complexity index is 545. The summed E-state index contributed by atoms with van der Waals surface area (Å²) in [5.74, 6) is 0.968. The molecule has 1 unspecified atom stereocenters. The molecule has 1 atom stereocenters. The SMILES string of the molecule is Oc1ccc2c(c1)OCC2NCc1cccnn1. The fourth-order valence-electron chi connectivity index (χ4n) is 2.02. The molecule has 0 radical (unpaired) electrons. The number of phenolic OH excluding ortho intramolecular Hbond substituents is 1. The molecule has 2 N–H and O–H groups in total. The molecule has 0 amide bonds. The molecule has 0 aliphatic carbocycles. The van der Waals surface area contributed by atoms with Gasteiger partial charge in [0, 0.05) is 24.4 Å². The van der Waals surface area contributed by atoms with Gasteiger partial charge in [0.2, 0.25) is 0 Å². The fourth-order valence-corrected chi connectivity index (χ4v) is 2.02. The molecule has 5 nitrogen and oxygen atoms in total. The van der Waals surface area contributed by atoms with Gasteiger partial charge in [-0.25, -0.2) is 0 Å². The first-order chi connectivity index (χ1) is 8.83. The van der Waals surface area contributed by atoms with Crippen LogP contribution in [0.25, 0.3) is 0 Å². The van der Waals surface area contributed by atoms with E-state index in [-0.39, 0.29) is 11.8 Å². The van der Waals surface area contributed by atoms with Crippen molar-refractivity contribution in [3.63, 3.8) is 0 Å². The van der Waals surface area contributed by atoms with E-state index in [1.54, 1.807) is 18.3 Å². The van der Waals surface area contributed by atoms with Crippen LogP contribution in [0.2, 0.25) is 0 Å². The number of benzene rings is 1. The van der Waals surface area contributed by atoms with Crippen molar-refractivity contribution in [3.8, 4) is 11.5 Å². The molecule has 1 aromatic heterocycles. The Kier molecular flexibility index (Phi) is 2.82. The van der Waals surface area contributed by atoms with Crippen molar-refractivity contribution in [2.75, 3.05) is 6.61 Å². The number of aromatic hydroxyl groups is 1. The van der Waals surface area contributed by atoms with Gasteiger partial charge in [0.15, 0.2) is 0 Å². The van der Waals surface area contributed by atoms with Crippen LogP contribution in [0.5, 0.6) is 11.5 Å². The molecule has 0 saturated heterocycles. The van der Waals surface area contributed by atoms with Crippen LogP contribution in [0, 0.1) is 0 Å². The van der Waals surface area contributed by atoms with Crippen molar-refractivity contribution in [3.05, 3.63) is 47.8 Å². The quantitative estimate of drug-likeness (QED) is 0.853. The molecule has 5 heteroatoms. The smallest absolute Gasteiger partial charge is 0.127 e. The van der Waals surface area contributed by atoms with E-state index in [0.29, 0.717) is 13.2 Å². The number of ether oxygens (including phenoxy) is 1. The highest BCUT2D eigenvalue weighted by atomic mass is 16.5. The predicted molar refractivity (Wildman–Crippen MR) is 65.2 cm³/mol. The molecule has 3 rings (SSSR count). The molecule has 0 fully saturated rings. The number of hydrogen-bond donors (Lipinski definition) is 2. The number of rotatable bonds is 3. The molecule has 18 heavy (non-hydrogen) atoms. The molecular weight excluding hydrogens is 230 g/mol. The van der Waals surface area contributed by atoms with E-state index in [2.05, 4.69) is 15.5 Å². The Morgan fingerprint density at radius 1 is 1.39 bits per heavy atom. The first-order valence-corrected chi connectivity index (χ1v) is 5.78. The average molecular weight is 243 g/mol. The third kappa shape index (κ3) is 2.12. The summed E-state index contributed by atoms with van der Waals surface area (Å²) in [6, 6.07) is 9.10. The van der Waals surface area contributed by atoms with Gasteiger partial charge in [0.05, 0.1) is 11.7 Å². The molecule has 92 valence electrons. The third-order valence-corrected chi connectivity index (χ3v) is 2.94. The number of nitrogens with one attached hydrogen (secondary N) is 1. The number of nitrogens with zero attached hydrogens (tertiary/aromatic N) is 2. The maximum atomic E-state index is 9.37. The van der Waals surface area contributed by atoms with Gasteiger partial charge in [0.25, 0.3) is 0 Å². The second kappa shape index (κ2) is 4.62. The van der Waals surface area contributed by atoms with E-state index in [4.69, 9.17) is 4.74 Å². The summed E-state index contributed by atoms with van der Waals surface area (Å²) in [6.45, 7) is 1.21. The normalized spacial score (nSPS) is 17.2. The number of fused-ring (bicyclic) bond motifs is 1. The summed E-state index contributed by atoms with van der Waals surface area (Å²) in [5.41, 5.74) is 1.96. The monoisotopic (exact) mass is 243 g/mol. The van der Waals surface area contributed by atoms with Crippen molar-refractivity contribution in [2.24, 2.45) is 0 Å². The van der Waals surface area contributed by atoms with Gasteiger partial charge in [-0.1, -0.05) is 0 Å². The van der Waals surface area contributed by atoms with Gasteiger partial charge >= 0.3 is 0 Å². The summed E-state index contributed by atoms with van der Waals surface area (Å²) < 4.78 is 5.52. The van der Waals surface area contributed by atoms with Gasteiger partial charge < -0.3 is 15.2 Å². The summed E-state index contributed by atoms with van der Waals surface area (Å²) >= 11 is 0. The lowest BCUT2D eigenvalue weighted by atomic mass is 10.1. The summed E-state index contributed by atoms with van der Waals surface area (Å²) in [7, 11) is 0. The predicted octanol–water partition coefficient (Wildman–Crippen LogP) is 1.41. The van der Waals surface area contributed by atoms with Crippen LogP contribution in [-0.4, -0.2) is 21.9 Å². The van der Waals surface area contributed by atoms with Gasteiger partial charge in [-0.3, -0.25) is 0 Å². The third-order valence-electron chi connectivity index (χ3n) is 2.94. The Balaban J connectivity index is 1.70. The molecule has 2 heterocycles. The number of aromatic nitrogens is 2. The Morgan fingerprint density at radius 2 is 2.33 bits per heavy atom. The van der Waals surface area contributed by atoms with Crippen molar-refractivity contribution < 1.29 is 9.84 Å². The highest BCUT2D eigenvalue weighted by Gasteiger charge is 2.23. The Morgan fingerprint density at radius 3 is 3.17 bits per heavy atom. The van der Waals surface area contributed by atoms with Crippen LogP contribution in [0.4, 0.5) is 0 Å². The molecule has 1 aliphatic heterocycles. The van der Waals surface area contributed by atoms with E-state index in [0.717, 1.165) is 17.0 Å². The standard InChI is InChI=1S/C13H13N3O2/c17-10-3-4-11-12(8-18-13(11)6-10)14-7-9-2-1-5-15-16-9/h1-6,12,14,17H,7-8H2. The van der Waals surface area contributed by atoms with Crippen LogP contribution >= 0.6 is 0 Å². The van der Waals surface area contributed by atoms with Crippen LogP contribution in [0.3, 0.4) is 0 Å². The second-order valence-electron chi connectivity index (χ2n) is 4.18. The fraction of sp³-hybridized carbons (Fsp3) is 0.231. The average Bonchev–Trinajstić information content (AvgIpc) is 2.80. The molecular formula is C13H13N3O2. The Hall–Kier alpha value is -2.14. The maximum Gasteiger partial charge on any atom is 0.127 e. The van der Waals surface area contributed by atoms with E-state index in [9.17, 15) is 5.11 Å². The largest absolute Gasteiger partial charge is 0.508 e. The molecule has 0 saturated carbocycles. The topological polar surface area (TPSA) is 67.3 Å². The lowest BCUT2D eigenvalue weighted by molar-refractivity contribution is 0.309. The second-order valence-corrected chi connectivity index (χ2v) is 4.18. The minimum atomic E-state index is 0.127. The molecule has 0 spiro atoms. The van der Waals surface area contributed by atoms with E-state index in [1.807, 2.05) is 18.2 Å². The van der Waals surface area contributed by atoms with E-state index < -0.39 is 0 Å². The molecule has 1 aliphatic rings. The molecule has 0 bridgehead atoms. The summed E-state index contributed by atoms with van der Waals surface area (Å²) in [6.07, 6.45) is 1.65. The van der Waals surface area contributed by atoms with Crippen LogP contribution in [0.15, 0.2) is 36.5 Å². The lowest BCUT2D eigenvalue weighted by Crippen LogP contribution is -2.22. The van der Waals surface area contributed by atoms with Gasteiger partial charge in [0.1, 0.15) is 18.1 Å². The van der Waals surface area contributed by atoms with Crippen molar-refractivity contribution >= 4 is 0 Å². The van der Waals surface area contributed by atoms with Crippen molar-refractivity contribution in [2.45, 2.75) is 12.6 Å². The summed E-state index contributed by atoms with van der Waals surface area (Å²) in [5, 5.41) is 20.6. The lowest BCUT2D eigenvalue weighted by Gasteiger charge is -2.10. The van der Waals surface area contributed by atoms with Crippen molar-refractivity contribution in [1.29, 1.82) is 0 Å². The van der Waals surface area contributed by atoms with Gasteiger partial charge in [-0.15, -0.1) is 0 Å². The van der Waals surface area contributed by atoms with Gasteiger partial charge in [-0.05, 0) is 24.3 Å². The van der Waals surface area contributed by atoms with Crippen LogP contribution in [-0.2, 0) is 6.54 Å². The zero-order valence-corrected chi connectivity index (χ0v) is 9.71. The highest BCUT2D eigenvalue weighted by molar-refractivity contribution is 5.44. The van der Waals surface area contributed by atoms with E-state index in [1.165, 1.54) is 0 Å². The van der Waals surface area contributed by atoms with Crippen LogP contribution in [0.1, 0.15) is 17.3 Å². The maximum absolute atomic E-state index is 9.37. The first-order valence-electron chi connectivity index (χ1n) is 5.78. The first kappa shape index (κ1) is 11.0. The highest BCUT2D eigenvalue weighted by Crippen LogP contribution is 2.34. The zero-order chi connectivity index (χ0) is 12.4. The van der Waals surface area contributed by atoms with Crippen LogP contribution < -0.4 is 10.1 Å². The Labute approximate surface area is 104 Å². The minimum Gasteiger partial charge on any atom is -0.508 e. The number of hydrogen-bond acceptors (Lipinski definition) is 5. The zero-order valence-electron chi connectivity index (χ0n) is 9.71. The van der Waals surface area contributed by atoms with Gasteiger partial charge in [-0.2, -0.15) is 10.2 Å². The number of phenols is 1. The molecule has 2 aromatic rings. The van der Waals surface area contributed by atoms with Crippen molar-refractivity contribution in [1.82, 2.24) is 15.5 Å². The minimum absolute atomic E-state index is 0.127. The molecule has 1 aromatic carbocycles.